The number of pyridine rings is 1. The van der Waals surface area contributed by atoms with Crippen LogP contribution in [0.5, 0.6) is 0 Å². The van der Waals surface area contributed by atoms with Gasteiger partial charge in [-0.05, 0) is 12.1 Å². The lowest BCUT2D eigenvalue weighted by atomic mass is 10.4. The highest BCUT2D eigenvalue weighted by Gasteiger charge is 1.87. The Balaban J connectivity index is 2.72. The third-order valence-electron chi connectivity index (χ3n) is 0.953. The molecule has 1 rings (SSSR count). The van der Waals surface area contributed by atoms with Crippen molar-refractivity contribution in [3.05, 3.63) is 35.0 Å². The molecule has 0 aromatic carbocycles. The third-order valence-corrected chi connectivity index (χ3v) is 0.953. The summed E-state index contributed by atoms with van der Waals surface area (Å²) in [6.45, 7) is 0.167. The molecule has 0 bridgehead atoms. The molecular formula is C6H6N2O. The fraction of sp³-hybridized carbons (Fsp3) is 0.167. The maximum absolute atomic E-state index is 9.68. The van der Waals surface area contributed by atoms with Crippen LogP contribution in [0.25, 0.3) is 0 Å². The Hall–Kier alpha value is -1.25. The van der Waals surface area contributed by atoms with E-state index in [2.05, 4.69) is 10.2 Å². The summed E-state index contributed by atoms with van der Waals surface area (Å²) in [4.78, 5) is 13.6. The van der Waals surface area contributed by atoms with Crippen LogP contribution in [0.2, 0.25) is 0 Å². The Kier molecular flexibility index (Phi) is 1.90. The normalized spacial score (nSPS) is 8.89. The van der Waals surface area contributed by atoms with Crippen LogP contribution in [-0.2, 0) is 6.54 Å². The first kappa shape index (κ1) is 5.88. The Morgan fingerprint density at radius 2 is 2.44 bits per heavy atom. The molecule has 1 aromatic rings. The number of aromatic nitrogens is 1. The predicted molar refractivity (Wildman–Crippen MR) is 33.7 cm³/mol. The second kappa shape index (κ2) is 2.91. The molecule has 0 amide bonds. The van der Waals surface area contributed by atoms with Gasteiger partial charge >= 0.3 is 0 Å². The van der Waals surface area contributed by atoms with Gasteiger partial charge < -0.3 is 0 Å². The number of rotatable bonds is 2. The molecule has 0 saturated carbocycles. The van der Waals surface area contributed by atoms with E-state index in [0.717, 1.165) is 0 Å². The smallest absolute Gasteiger partial charge is 0.123 e. The average molecular weight is 122 g/mol. The Bertz CT molecular complexity index is 186. The van der Waals surface area contributed by atoms with E-state index in [0.29, 0.717) is 5.69 Å². The Morgan fingerprint density at radius 3 is 3.00 bits per heavy atom. The molecule has 1 aromatic heterocycles. The van der Waals surface area contributed by atoms with E-state index in [1.54, 1.807) is 18.3 Å². The summed E-state index contributed by atoms with van der Waals surface area (Å²) in [7, 11) is 0. The number of hydrogen-bond donors (Lipinski definition) is 0. The summed E-state index contributed by atoms with van der Waals surface area (Å²) in [6, 6.07) is 5.39. The number of hydrogen-bond acceptors (Lipinski definition) is 3. The maximum Gasteiger partial charge on any atom is 0.123 e. The van der Waals surface area contributed by atoms with Gasteiger partial charge in [0, 0.05) is 6.20 Å². The highest BCUT2D eigenvalue weighted by atomic mass is 16.3. The summed E-state index contributed by atoms with van der Waals surface area (Å²) in [6.07, 6.45) is 1.64. The van der Waals surface area contributed by atoms with E-state index < -0.39 is 0 Å². The van der Waals surface area contributed by atoms with Crippen molar-refractivity contribution in [2.24, 2.45) is 5.18 Å². The summed E-state index contributed by atoms with van der Waals surface area (Å²) >= 11 is 0. The summed E-state index contributed by atoms with van der Waals surface area (Å²) in [5.41, 5.74) is 0.715. The standard InChI is InChI=1S/C6H6N2O/c9-8-5-6-3-1-2-4-7-6/h1-4H,5H2. The van der Waals surface area contributed by atoms with E-state index in [1.165, 1.54) is 0 Å². The molecule has 3 heteroatoms. The van der Waals surface area contributed by atoms with Crippen molar-refractivity contribution in [1.82, 2.24) is 4.98 Å². The quantitative estimate of drug-likeness (QED) is 0.555. The molecule has 3 nitrogen and oxygen atoms in total. The van der Waals surface area contributed by atoms with Gasteiger partial charge in [-0.1, -0.05) is 11.2 Å². The van der Waals surface area contributed by atoms with Crippen LogP contribution in [0.1, 0.15) is 5.69 Å². The van der Waals surface area contributed by atoms with Gasteiger partial charge in [0.25, 0.3) is 0 Å². The molecule has 1 heterocycles. The van der Waals surface area contributed by atoms with Crippen LogP contribution in [0, 0.1) is 4.91 Å². The van der Waals surface area contributed by atoms with Gasteiger partial charge in [-0.25, -0.2) is 0 Å². The van der Waals surface area contributed by atoms with Crippen molar-refractivity contribution in [1.29, 1.82) is 0 Å². The van der Waals surface area contributed by atoms with E-state index in [4.69, 9.17) is 0 Å². The van der Waals surface area contributed by atoms with Gasteiger partial charge in [0.2, 0.25) is 0 Å². The van der Waals surface area contributed by atoms with Crippen molar-refractivity contribution in [3.8, 4) is 0 Å². The maximum atomic E-state index is 9.68. The zero-order valence-electron chi connectivity index (χ0n) is 4.82. The molecule has 0 radical (unpaired) electrons. The van der Waals surface area contributed by atoms with Crippen molar-refractivity contribution in [2.45, 2.75) is 6.54 Å². The van der Waals surface area contributed by atoms with Gasteiger partial charge in [-0.3, -0.25) is 4.98 Å². The van der Waals surface area contributed by atoms with Crippen molar-refractivity contribution in [2.75, 3.05) is 0 Å². The molecule has 0 aliphatic carbocycles. The first-order chi connectivity index (χ1) is 4.43. The Morgan fingerprint density at radius 1 is 1.56 bits per heavy atom. The lowest BCUT2D eigenvalue weighted by molar-refractivity contribution is 0.981. The zero-order chi connectivity index (χ0) is 6.53. The lowest BCUT2D eigenvalue weighted by Gasteiger charge is -1.87. The van der Waals surface area contributed by atoms with E-state index in [1.807, 2.05) is 6.07 Å². The highest BCUT2D eigenvalue weighted by Crippen LogP contribution is 1.93. The number of nitrogens with zero attached hydrogens (tertiary/aromatic N) is 2. The van der Waals surface area contributed by atoms with E-state index in [9.17, 15) is 4.91 Å². The molecule has 0 aliphatic heterocycles. The fourth-order valence-electron chi connectivity index (χ4n) is 0.558. The van der Waals surface area contributed by atoms with Gasteiger partial charge in [-0.15, -0.1) is 0 Å². The fourth-order valence-corrected chi connectivity index (χ4v) is 0.558. The molecule has 0 N–H and O–H groups in total. The van der Waals surface area contributed by atoms with Crippen LogP contribution < -0.4 is 0 Å². The van der Waals surface area contributed by atoms with Crippen molar-refractivity contribution < 1.29 is 0 Å². The van der Waals surface area contributed by atoms with Crippen LogP contribution >= 0.6 is 0 Å². The largest absolute Gasteiger partial charge is 0.259 e. The van der Waals surface area contributed by atoms with Crippen LogP contribution in [-0.4, -0.2) is 4.98 Å². The summed E-state index contributed by atoms with van der Waals surface area (Å²) in [5, 5.41) is 2.69. The van der Waals surface area contributed by atoms with Gasteiger partial charge in [-0.2, -0.15) is 4.91 Å². The third kappa shape index (κ3) is 1.60. The van der Waals surface area contributed by atoms with Crippen LogP contribution in [0.3, 0.4) is 0 Å². The van der Waals surface area contributed by atoms with Gasteiger partial charge in [0.1, 0.15) is 6.54 Å². The minimum Gasteiger partial charge on any atom is -0.259 e. The minimum absolute atomic E-state index is 0.167. The van der Waals surface area contributed by atoms with Crippen molar-refractivity contribution >= 4 is 0 Å². The average Bonchev–Trinajstić information content (AvgIpc) is 1.91. The first-order valence-corrected chi connectivity index (χ1v) is 2.62. The van der Waals surface area contributed by atoms with Crippen LogP contribution in [0.15, 0.2) is 29.6 Å². The molecule has 0 spiro atoms. The molecule has 0 fully saturated rings. The zero-order valence-corrected chi connectivity index (χ0v) is 4.82. The second-order valence-corrected chi connectivity index (χ2v) is 1.61. The molecule has 0 saturated heterocycles. The molecule has 0 aliphatic rings. The predicted octanol–water partition coefficient (Wildman–Crippen LogP) is 1.35. The lowest BCUT2D eigenvalue weighted by Crippen LogP contribution is -1.82. The first-order valence-electron chi connectivity index (χ1n) is 2.62. The molecule has 0 atom stereocenters. The Labute approximate surface area is 52.7 Å². The number of nitroso groups, excluding NO2 is 1. The van der Waals surface area contributed by atoms with E-state index >= 15 is 0 Å². The second-order valence-electron chi connectivity index (χ2n) is 1.61. The van der Waals surface area contributed by atoms with Gasteiger partial charge in [0.15, 0.2) is 0 Å². The van der Waals surface area contributed by atoms with Crippen LogP contribution in [0.4, 0.5) is 0 Å². The summed E-state index contributed by atoms with van der Waals surface area (Å²) in [5.74, 6) is 0. The summed E-state index contributed by atoms with van der Waals surface area (Å²) < 4.78 is 0. The molecule has 46 valence electrons. The molecule has 9 heavy (non-hydrogen) atoms. The monoisotopic (exact) mass is 122 g/mol. The molecule has 0 unspecified atom stereocenters. The molecular weight excluding hydrogens is 116 g/mol. The topological polar surface area (TPSA) is 42.3 Å². The van der Waals surface area contributed by atoms with E-state index in [-0.39, 0.29) is 6.54 Å². The minimum atomic E-state index is 0.167. The van der Waals surface area contributed by atoms with Crippen molar-refractivity contribution in [3.63, 3.8) is 0 Å². The highest BCUT2D eigenvalue weighted by molar-refractivity contribution is 5.02. The van der Waals surface area contributed by atoms with Gasteiger partial charge in [0.05, 0.1) is 5.69 Å². The SMILES string of the molecule is O=NCc1ccccn1.